The minimum Gasteiger partial charge on any atom is -0.759 e. The first-order valence-corrected chi connectivity index (χ1v) is 4.13. The fourth-order valence-electron chi connectivity index (χ4n) is 0.241. The number of rotatable bonds is 3. The minimum atomic E-state index is -5.17. The fourth-order valence-corrected chi connectivity index (χ4v) is 0.241. The molecule has 0 aromatic heterocycles. The number of carboxylic acids is 2. The van der Waals surface area contributed by atoms with Crippen molar-refractivity contribution in [2.45, 2.75) is 12.5 Å². The van der Waals surface area contributed by atoms with Gasteiger partial charge in [0.15, 0.2) is 0 Å². The average molecular weight is 300 g/mol. The maximum atomic E-state index is 9.58. The van der Waals surface area contributed by atoms with Crippen LogP contribution in [0.2, 0.25) is 0 Å². The number of carbonyl (C=O) groups is 2. The summed E-state index contributed by atoms with van der Waals surface area (Å²) < 4.78 is 34.1. The lowest BCUT2D eigenvalue weighted by Crippen LogP contribution is -2.39. The van der Waals surface area contributed by atoms with Crippen molar-refractivity contribution in [2.75, 3.05) is 0 Å². The summed E-state index contributed by atoms with van der Waals surface area (Å²) in [5.74, 6) is -3.43. The first-order valence-electron chi connectivity index (χ1n) is 2.79. The number of quaternary nitrogens is 4. The van der Waals surface area contributed by atoms with Gasteiger partial charge in [0, 0.05) is 22.8 Å². The van der Waals surface area contributed by atoms with Crippen molar-refractivity contribution in [1.29, 1.82) is 0 Å². The Morgan fingerprint density at radius 1 is 1.00 bits per heavy atom. The molecule has 0 radical (unpaired) electrons. The maximum Gasteiger partial charge on any atom is 0.0985 e. The van der Waals surface area contributed by atoms with E-state index in [4.69, 9.17) is 22.6 Å². The smallest absolute Gasteiger partial charge is 0.0985 e. The van der Waals surface area contributed by atoms with Gasteiger partial charge < -0.3 is 58.6 Å². The van der Waals surface area contributed by atoms with Gasteiger partial charge in [-0.25, -0.2) is 0 Å². The standard InChI is InChI=1S/C4H6O5.4H3N.H2O4S/c5-2(4(8)9)1-3(6)7;;;;;1-5(2,3)4/h2,5H,1H2,(H,6,7)(H,8,9);4*1H3;(H2,1,2,3,4). The zero-order valence-corrected chi connectivity index (χ0v) is 11.2. The van der Waals surface area contributed by atoms with E-state index in [2.05, 4.69) is 0 Å². The van der Waals surface area contributed by atoms with E-state index in [-0.39, 0.29) is 24.6 Å². The van der Waals surface area contributed by atoms with Crippen LogP contribution in [0, 0.1) is 0 Å². The Morgan fingerprint density at radius 3 is 1.28 bits per heavy atom. The molecular weight excluding hydrogens is 280 g/mol. The van der Waals surface area contributed by atoms with E-state index >= 15 is 0 Å². The number of carbonyl (C=O) groups excluding carboxylic acids is 2. The summed E-state index contributed by atoms with van der Waals surface area (Å²) in [7, 11) is -5.17. The van der Waals surface area contributed by atoms with E-state index in [1.54, 1.807) is 0 Å². The van der Waals surface area contributed by atoms with Crippen molar-refractivity contribution < 1.29 is 42.4 Å². The summed E-state index contributed by atoms with van der Waals surface area (Å²) in [6.45, 7) is 0. The van der Waals surface area contributed by atoms with Gasteiger partial charge in [0.2, 0.25) is 0 Å². The van der Waals surface area contributed by atoms with E-state index in [0.717, 1.165) is 0 Å². The topological polar surface area (TPSA) is 327 Å². The van der Waals surface area contributed by atoms with Crippen LogP contribution in [0.5, 0.6) is 0 Å². The molecule has 18 heavy (non-hydrogen) atoms. The highest BCUT2D eigenvalue weighted by molar-refractivity contribution is 7.79. The van der Waals surface area contributed by atoms with E-state index in [9.17, 15) is 19.8 Å². The Balaban J connectivity index is -0.0000000359. The number of aliphatic carboxylic acids is 2. The van der Waals surface area contributed by atoms with Crippen molar-refractivity contribution in [3.05, 3.63) is 0 Å². The van der Waals surface area contributed by atoms with Crippen LogP contribution in [0.25, 0.3) is 0 Å². The van der Waals surface area contributed by atoms with Crippen LogP contribution in [0.15, 0.2) is 0 Å². The first-order chi connectivity index (χ1) is 6.04. The fraction of sp³-hybridized carbons (Fsp3) is 0.500. The SMILES string of the molecule is O=C([O-])CC(O)C(=O)[O-].O=S(=O)([O-])[O-].[NH4+].[NH4+].[NH4+].[NH4+]. The molecule has 13 nitrogen and oxygen atoms in total. The molecule has 0 aromatic rings. The predicted molar refractivity (Wildman–Crippen MR) is 55.1 cm³/mol. The van der Waals surface area contributed by atoms with Gasteiger partial charge in [-0.15, -0.1) is 0 Å². The lowest BCUT2D eigenvalue weighted by atomic mass is 10.3. The minimum absolute atomic E-state index is 0. The normalized spacial score (nSPS) is 9.50. The molecule has 0 aliphatic heterocycles. The summed E-state index contributed by atoms with van der Waals surface area (Å²) in [6, 6.07) is 0. The molecule has 0 amide bonds. The molecule has 0 aromatic carbocycles. The number of carboxylic acid groups (broad SMARTS) is 2. The lowest BCUT2D eigenvalue weighted by Gasteiger charge is -2.10. The van der Waals surface area contributed by atoms with Gasteiger partial charge in [-0.05, 0) is 0 Å². The van der Waals surface area contributed by atoms with Gasteiger partial charge in [0.05, 0.1) is 12.1 Å². The Labute approximate surface area is 103 Å². The second kappa shape index (κ2) is 15.6. The van der Waals surface area contributed by atoms with Crippen LogP contribution in [0.3, 0.4) is 0 Å². The summed E-state index contributed by atoms with van der Waals surface area (Å²) in [6.07, 6.45) is -2.89. The summed E-state index contributed by atoms with van der Waals surface area (Å²) >= 11 is 0. The highest BCUT2D eigenvalue weighted by atomic mass is 32.3. The largest absolute Gasteiger partial charge is 0.759 e. The third kappa shape index (κ3) is 61.9. The summed E-state index contributed by atoms with van der Waals surface area (Å²) in [4.78, 5) is 19.1. The number of hydrogen-bond acceptors (Lipinski definition) is 9. The molecule has 0 aliphatic carbocycles. The molecule has 0 spiro atoms. The van der Waals surface area contributed by atoms with Gasteiger partial charge in [-0.1, -0.05) is 0 Å². The quantitative estimate of drug-likeness (QED) is 0.253. The Morgan fingerprint density at radius 2 is 1.22 bits per heavy atom. The predicted octanol–water partition coefficient (Wildman–Crippen LogP) is -3.60. The van der Waals surface area contributed by atoms with Crippen LogP contribution in [-0.4, -0.2) is 40.7 Å². The molecular formula is C4H20N4O9S. The van der Waals surface area contributed by atoms with Crippen molar-refractivity contribution in [1.82, 2.24) is 24.6 Å². The molecule has 0 aliphatic rings. The van der Waals surface area contributed by atoms with E-state index in [0.29, 0.717) is 0 Å². The second-order valence-electron chi connectivity index (χ2n) is 1.82. The molecule has 0 heterocycles. The van der Waals surface area contributed by atoms with Gasteiger partial charge in [0.1, 0.15) is 0 Å². The summed E-state index contributed by atoms with van der Waals surface area (Å²) in [5, 5.41) is 27.3. The maximum absolute atomic E-state index is 9.58. The van der Waals surface area contributed by atoms with E-state index in [1.807, 2.05) is 0 Å². The Kier molecular flexibility index (Phi) is 31.2. The van der Waals surface area contributed by atoms with E-state index in [1.165, 1.54) is 0 Å². The molecule has 0 rings (SSSR count). The second-order valence-corrected chi connectivity index (χ2v) is 2.64. The van der Waals surface area contributed by atoms with Gasteiger partial charge in [-0.2, -0.15) is 0 Å². The van der Waals surface area contributed by atoms with Gasteiger partial charge >= 0.3 is 0 Å². The van der Waals surface area contributed by atoms with Crippen LogP contribution in [0.1, 0.15) is 6.42 Å². The van der Waals surface area contributed by atoms with Gasteiger partial charge in [0.25, 0.3) is 0 Å². The Bertz CT molecular complexity index is 296. The molecule has 14 heteroatoms. The average Bonchev–Trinajstić information content (AvgIpc) is 1.80. The lowest BCUT2D eigenvalue weighted by molar-refractivity contribution is -0.323. The summed E-state index contributed by atoms with van der Waals surface area (Å²) in [5.41, 5.74) is 0. The van der Waals surface area contributed by atoms with Crippen molar-refractivity contribution in [3.63, 3.8) is 0 Å². The van der Waals surface area contributed by atoms with Crippen molar-refractivity contribution in [3.8, 4) is 0 Å². The molecule has 1 atom stereocenters. The highest BCUT2D eigenvalue weighted by Crippen LogP contribution is 1.85. The molecule has 0 saturated carbocycles. The zero-order chi connectivity index (χ0) is 11.9. The van der Waals surface area contributed by atoms with Crippen LogP contribution < -0.4 is 34.8 Å². The third-order valence-corrected chi connectivity index (χ3v) is 0.632. The molecule has 0 bridgehead atoms. The monoisotopic (exact) mass is 300 g/mol. The van der Waals surface area contributed by atoms with Crippen molar-refractivity contribution in [2.24, 2.45) is 0 Å². The molecule has 1 unspecified atom stereocenters. The third-order valence-electron chi connectivity index (χ3n) is 0.632. The van der Waals surface area contributed by atoms with Crippen LogP contribution >= 0.6 is 0 Å². The molecule has 0 saturated heterocycles. The molecule has 116 valence electrons. The Hall–Kier alpha value is -1.39. The molecule has 17 N–H and O–H groups in total. The van der Waals surface area contributed by atoms with Crippen molar-refractivity contribution >= 4 is 22.3 Å². The van der Waals surface area contributed by atoms with Gasteiger partial charge in [-0.3, -0.25) is 8.42 Å². The highest BCUT2D eigenvalue weighted by Gasteiger charge is 2.03. The van der Waals surface area contributed by atoms with E-state index < -0.39 is 34.9 Å². The number of aliphatic hydroxyl groups excluding tert-OH is 1. The zero-order valence-electron chi connectivity index (χ0n) is 10.4. The van der Waals surface area contributed by atoms with Crippen LogP contribution in [0.4, 0.5) is 0 Å². The molecule has 0 fully saturated rings. The number of aliphatic hydroxyl groups is 1. The van der Waals surface area contributed by atoms with Crippen LogP contribution in [-0.2, 0) is 20.0 Å². The first kappa shape index (κ1) is 36.0. The number of hydrogen-bond donors (Lipinski definition) is 5.